The molecule has 9 heteroatoms. The van der Waals surface area contributed by atoms with Crippen molar-refractivity contribution in [3.05, 3.63) is 52.3 Å². The summed E-state index contributed by atoms with van der Waals surface area (Å²) in [5.41, 5.74) is 2.09. The molecule has 0 aliphatic rings. The molecule has 0 radical (unpaired) electrons. The lowest BCUT2D eigenvalue weighted by Crippen LogP contribution is -2.36. The Kier molecular flexibility index (Phi) is 6.80. The molecule has 0 saturated heterocycles. The quantitative estimate of drug-likeness (QED) is 0.256. The van der Waals surface area contributed by atoms with Crippen LogP contribution in [0.25, 0.3) is 32.5 Å². The Morgan fingerprint density at radius 3 is 2.62 bits per heavy atom. The molecular weight excluding hydrogens is 466 g/mol. The number of hydrogen-bond donors (Lipinski definition) is 1. The van der Waals surface area contributed by atoms with Gasteiger partial charge in [0.2, 0.25) is 5.52 Å². The summed E-state index contributed by atoms with van der Waals surface area (Å²) in [6.45, 7) is 3.05. The Hall–Kier alpha value is -2.46. The van der Waals surface area contributed by atoms with Gasteiger partial charge in [0.25, 0.3) is 15.1 Å². The first-order valence-corrected chi connectivity index (χ1v) is 13.5. The van der Waals surface area contributed by atoms with E-state index in [0.717, 1.165) is 42.4 Å². The minimum absolute atomic E-state index is 0.275. The number of nitrogens with zero attached hydrogens (tertiary/aromatic N) is 1. The molecule has 0 spiro atoms. The van der Waals surface area contributed by atoms with Crippen molar-refractivity contribution in [3.8, 4) is 11.5 Å². The molecule has 0 aliphatic heterocycles. The highest BCUT2D eigenvalue weighted by Gasteiger charge is 2.24. The van der Waals surface area contributed by atoms with E-state index in [0.29, 0.717) is 19.6 Å². The van der Waals surface area contributed by atoms with E-state index in [4.69, 9.17) is 9.47 Å². The van der Waals surface area contributed by atoms with Crippen LogP contribution in [0.3, 0.4) is 0 Å². The van der Waals surface area contributed by atoms with Crippen molar-refractivity contribution in [1.82, 2.24) is 0 Å². The molecule has 0 amide bonds. The van der Waals surface area contributed by atoms with E-state index in [-0.39, 0.29) is 5.75 Å². The maximum Gasteiger partial charge on any atom is 0.265 e. The lowest BCUT2D eigenvalue weighted by molar-refractivity contribution is -0.667. The minimum atomic E-state index is -4.01. The van der Waals surface area contributed by atoms with Crippen LogP contribution in [0.15, 0.2) is 41.8 Å². The topological polar surface area (TPSA) is 76.7 Å². The molecule has 168 valence electrons. The number of benzene rings is 2. The molecule has 1 N–H and O–H groups in total. The SMILES string of the molecule is CCOc1ccc(/C=C/c2sc3cc(OC)c4ccsc4c3[n+]2CCCS(=O)(=O)O)cc1. The predicted molar refractivity (Wildman–Crippen MR) is 132 cm³/mol. The Morgan fingerprint density at radius 1 is 1.16 bits per heavy atom. The molecule has 0 saturated carbocycles. The van der Waals surface area contributed by atoms with Crippen molar-refractivity contribution in [2.24, 2.45) is 0 Å². The van der Waals surface area contributed by atoms with Gasteiger partial charge in [0.05, 0.1) is 19.5 Å². The van der Waals surface area contributed by atoms with Gasteiger partial charge < -0.3 is 9.47 Å². The number of aryl methyl sites for hydroxylation is 1. The lowest BCUT2D eigenvalue weighted by atomic mass is 10.2. The Balaban J connectivity index is 1.76. The fourth-order valence-corrected chi connectivity index (χ4v) is 6.26. The monoisotopic (exact) mass is 490 g/mol. The summed E-state index contributed by atoms with van der Waals surface area (Å²) in [5, 5.41) is 4.06. The van der Waals surface area contributed by atoms with E-state index >= 15 is 0 Å². The molecule has 0 atom stereocenters. The van der Waals surface area contributed by atoms with Gasteiger partial charge >= 0.3 is 0 Å². The van der Waals surface area contributed by atoms with Gasteiger partial charge in [0.15, 0.2) is 6.54 Å². The molecule has 0 unspecified atom stereocenters. The lowest BCUT2D eigenvalue weighted by Gasteiger charge is -2.02. The Bertz CT molecular complexity index is 1370. The third-order valence-electron chi connectivity index (χ3n) is 5.01. The third kappa shape index (κ3) is 4.96. The molecule has 4 aromatic rings. The summed E-state index contributed by atoms with van der Waals surface area (Å²) in [6.07, 6.45) is 4.39. The maximum atomic E-state index is 11.3. The van der Waals surface area contributed by atoms with Gasteiger partial charge in [-0.2, -0.15) is 13.0 Å². The van der Waals surface area contributed by atoms with Crippen molar-refractivity contribution >= 4 is 65.2 Å². The first-order chi connectivity index (χ1) is 15.4. The smallest absolute Gasteiger partial charge is 0.265 e. The van der Waals surface area contributed by atoms with Crippen molar-refractivity contribution in [2.45, 2.75) is 19.9 Å². The first kappa shape index (κ1) is 22.7. The fraction of sp³-hybridized carbons (Fsp3) is 0.261. The molecule has 32 heavy (non-hydrogen) atoms. The van der Waals surface area contributed by atoms with Gasteiger partial charge in [-0.15, -0.1) is 11.3 Å². The highest BCUT2D eigenvalue weighted by molar-refractivity contribution is 7.85. The second kappa shape index (κ2) is 9.58. The number of aromatic nitrogens is 1. The maximum absolute atomic E-state index is 11.3. The number of thiophene rings is 1. The van der Waals surface area contributed by atoms with Gasteiger partial charge in [-0.05, 0) is 42.1 Å². The summed E-state index contributed by atoms with van der Waals surface area (Å²) < 4.78 is 47.1. The van der Waals surface area contributed by atoms with Crippen LogP contribution in [-0.4, -0.2) is 32.4 Å². The summed E-state index contributed by atoms with van der Waals surface area (Å²) >= 11 is 3.26. The van der Waals surface area contributed by atoms with Gasteiger partial charge in [0.1, 0.15) is 20.9 Å². The fourth-order valence-electron chi connectivity index (χ4n) is 3.60. The van der Waals surface area contributed by atoms with E-state index in [9.17, 15) is 13.0 Å². The van der Waals surface area contributed by atoms with Gasteiger partial charge in [0, 0.05) is 23.9 Å². The highest BCUT2D eigenvalue weighted by atomic mass is 32.2. The van der Waals surface area contributed by atoms with Crippen molar-refractivity contribution in [3.63, 3.8) is 0 Å². The summed E-state index contributed by atoms with van der Waals surface area (Å²) in [5.74, 6) is 1.38. The molecule has 6 nitrogen and oxygen atoms in total. The molecule has 2 aromatic heterocycles. The minimum Gasteiger partial charge on any atom is -0.496 e. The average Bonchev–Trinajstić information content (AvgIpc) is 3.37. The zero-order valence-electron chi connectivity index (χ0n) is 17.8. The normalized spacial score (nSPS) is 12.2. The zero-order chi connectivity index (χ0) is 22.7. The number of hydrogen-bond acceptors (Lipinski definition) is 6. The number of rotatable bonds is 9. The van der Waals surface area contributed by atoms with Crippen LogP contribution in [0.1, 0.15) is 23.9 Å². The van der Waals surface area contributed by atoms with Crippen LogP contribution >= 0.6 is 22.7 Å². The summed E-state index contributed by atoms with van der Waals surface area (Å²) in [4.78, 5) is 0. The van der Waals surface area contributed by atoms with E-state index in [1.54, 1.807) is 29.8 Å². The molecule has 2 heterocycles. The largest absolute Gasteiger partial charge is 0.496 e. The van der Waals surface area contributed by atoms with Crippen LogP contribution in [0.2, 0.25) is 0 Å². The second-order valence-corrected chi connectivity index (χ2v) is 10.7. The second-order valence-electron chi connectivity index (χ2n) is 7.16. The standard InChI is InChI=1S/C23H23NO5S3/c1-3-29-17-8-5-16(6-9-17)7-10-21-24(12-4-14-32(25,26)27)22-20(31-21)15-19(28-2)18-11-13-30-23(18)22/h5-11,13,15H,3-4,12,14H2,1-2H3/p+1/b10-7+. The zero-order valence-corrected chi connectivity index (χ0v) is 20.2. The number of fused-ring (bicyclic) bond motifs is 3. The number of ether oxygens (including phenoxy) is 2. The third-order valence-corrected chi connectivity index (χ3v) is 7.83. The predicted octanol–water partition coefficient (Wildman–Crippen LogP) is 5.26. The molecule has 2 aromatic carbocycles. The molecular formula is C23H24NO5S3+. The van der Waals surface area contributed by atoms with Gasteiger partial charge in [-0.3, -0.25) is 4.55 Å². The molecule has 0 fully saturated rings. The van der Waals surface area contributed by atoms with Crippen LogP contribution < -0.4 is 14.0 Å². The van der Waals surface area contributed by atoms with Gasteiger partial charge in [-0.1, -0.05) is 23.5 Å². The van der Waals surface area contributed by atoms with Crippen LogP contribution in [0.4, 0.5) is 0 Å². The van der Waals surface area contributed by atoms with Crippen molar-refractivity contribution in [2.75, 3.05) is 19.5 Å². The summed E-state index contributed by atoms with van der Waals surface area (Å²) in [6, 6.07) is 11.9. The van der Waals surface area contributed by atoms with Crippen LogP contribution in [0.5, 0.6) is 11.5 Å². The van der Waals surface area contributed by atoms with Crippen LogP contribution in [0, 0.1) is 0 Å². The van der Waals surface area contributed by atoms with Crippen LogP contribution in [-0.2, 0) is 16.7 Å². The summed E-state index contributed by atoms with van der Waals surface area (Å²) in [7, 11) is -2.34. The molecule has 0 bridgehead atoms. The first-order valence-electron chi connectivity index (χ1n) is 10.2. The Morgan fingerprint density at radius 2 is 1.94 bits per heavy atom. The highest BCUT2D eigenvalue weighted by Crippen LogP contribution is 2.38. The Labute approximate surface area is 195 Å². The van der Waals surface area contributed by atoms with E-state index in [1.807, 2.05) is 60.9 Å². The number of thiazole rings is 1. The van der Waals surface area contributed by atoms with Gasteiger partial charge in [-0.25, -0.2) is 0 Å². The van der Waals surface area contributed by atoms with Crippen molar-refractivity contribution in [1.29, 1.82) is 0 Å². The van der Waals surface area contributed by atoms with E-state index in [2.05, 4.69) is 4.57 Å². The number of methoxy groups -OCH3 is 1. The van der Waals surface area contributed by atoms with E-state index in [1.165, 1.54) is 0 Å². The molecule has 4 rings (SSSR count). The van der Waals surface area contributed by atoms with Crippen molar-refractivity contribution < 1.29 is 27.0 Å². The molecule has 0 aliphatic carbocycles. The average molecular weight is 491 g/mol. The van der Waals surface area contributed by atoms with E-state index < -0.39 is 10.1 Å².